The maximum atomic E-state index is 12.8. The standard InChI is InChI=1S/C12H15FN4S/c1-17-7-9(6-15-17)12(16-14)8-18-11-4-2-10(13)3-5-11/h2-7,12,16H,8,14H2,1H3. The first-order valence-corrected chi connectivity index (χ1v) is 6.50. The first kappa shape index (κ1) is 13.1. The number of benzene rings is 1. The van der Waals surface area contributed by atoms with Crippen LogP contribution in [0.5, 0.6) is 0 Å². The Balaban J connectivity index is 1.97. The number of hydrogen-bond donors (Lipinski definition) is 2. The molecular weight excluding hydrogens is 251 g/mol. The number of aryl methyl sites for hydroxylation is 1. The summed E-state index contributed by atoms with van der Waals surface area (Å²) in [6, 6.07) is 6.45. The van der Waals surface area contributed by atoms with Gasteiger partial charge in [0.25, 0.3) is 0 Å². The second-order valence-corrected chi connectivity index (χ2v) is 5.02. The number of aromatic nitrogens is 2. The van der Waals surface area contributed by atoms with Gasteiger partial charge in [0.05, 0.1) is 12.2 Å². The maximum absolute atomic E-state index is 12.8. The third-order valence-electron chi connectivity index (χ3n) is 2.56. The van der Waals surface area contributed by atoms with Crippen molar-refractivity contribution < 1.29 is 4.39 Å². The number of nitrogens with one attached hydrogen (secondary N) is 1. The van der Waals surface area contributed by atoms with Gasteiger partial charge in [0.15, 0.2) is 0 Å². The quantitative estimate of drug-likeness (QED) is 0.493. The van der Waals surface area contributed by atoms with Crippen LogP contribution >= 0.6 is 11.8 Å². The van der Waals surface area contributed by atoms with Crippen molar-refractivity contribution in [3.05, 3.63) is 48.0 Å². The third kappa shape index (κ3) is 3.32. The Bertz CT molecular complexity index is 497. The van der Waals surface area contributed by atoms with Crippen LogP contribution in [0.25, 0.3) is 0 Å². The molecule has 0 fully saturated rings. The Hall–Kier alpha value is -1.37. The SMILES string of the molecule is Cn1cc(C(CSc2ccc(F)cc2)NN)cn1. The van der Waals surface area contributed by atoms with Crippen LogP contribution in [0.2, 0.25) is 0 Å². The van der Waals surface area contributed by atoms with Gasteiger partial charge in [-0.15, -0.1) is 11.8 Å². The van der Waals surface area contributed by atoms with Crippen LogP contribution < -0.4 is 11.3 Å². The van der Waals surface area contributed by atoms with Gasteiger partial charge in [-0.25, -0.2) is 4.39 Å². The fourth-order valence-electron chi connectivity index (χ4n) is 1.57. The molecule has 6 heteroatoms. The molecule has 1 unspecified atom stereocenters. The van der Waals surface area contributed by atoms with Gasteiger partial charge < -0.3 is 0 Å². The van der Waals surface area contributed by atoms with Gasteiger partial charge in [0.2, 0.25) is 0 Å². The third-order valence-corrected chi connectivity index (χ3v) is 3.66. The molecule has 0 aliphatic heterocycles. The zero-order chi connectivity index (χ0) is 13.0. The second kappa shape index (κ2) is 5.99. The Morgan fingerprint density at radius 2 is 2.17 bits per heavy atom. The topological polar surface area (TPSA) is 55.9 Å². The predicted molar refractivity (Wildman–Crippen MR) is 70.4 cm³/mol. The molecule has 0 radical (unpaired) electrons. The first-order valence-electron chi connectivity index (χ1n) is 5.52. The van der Waals surface area contributed by atoms with E-state index in [1.54, 1.807) is 34.8 Å². The summed E-state index contributed by atoms with van der Waals surface area (Å²) < 4.78 is 14.5. The summed E-state index contributed by atoms with van der Waals surface area (Å²) in [5.74, 6) is 6.08. The highest BCUT2D eigenvalue weighted by atomic mass is 32.2. The molecule has 1 heterocycles. The molecule has 2 aromatic rings. The van der Waals surface area contributed by atoms with Crippen molar-refractivity contribution in [3.63, 3.8) is 0 Å². The fraction of sp³-hybridized carbons (Fsp3) is 0.250. The van der Waals surface area contributed by atoms with E-state index in [4.69, 9.17) is 5.84 Å². The summed E-state index contributed by atoms with van der Waals surface area (Å²) in [4.78, 5) is 1.01. The number of rotatable bonds is 5. The summed E-state index contributed by atoms with van der Waals surface area (Å²) in [5, 5.41) is 4.11. The smallest absolute Gasteiger partial charge is 0.123 e. The zero-order valence-corrected chi connectivity index (χ0v) is 10.8. The van der Waals surface area contributed by atoms with Gasteiger partial charge in [-0.3, -0.25) is 16.0 Å². The van der Waals surface area contributed by atoms with E-state index in [1.165, 1.54) is 12.1 Å². The molecule has 0 aliphatic rings. The summed E-state index contributed by atoms with van der Waals surface area (Å²) in [6.07, 6.45) is 3.71. The highest BCUT2D eigenvalue weighted by Gasteiger charge is 2.11. The van der Waals surface area contributed by atoms with E-state index in [2.05, 4.69) is 10.5 Å². The van der Waals surface area contributed by atoms with Crippen LogP contribution in [0.3, 0.4) is 0 Å². The Morgan fingerprint density at radius 1 is 1.44 bits per heavy atom. The van der Waals surface area contributed by atoms with E-state index in [1.807, 2.05) is 13.2 Å². The maximum Gasteiger partial charge on any atom is 0.123 e. The lowest BCUT2D eigenvalue weighted by atomic mass is 10.2. The molecule has 3 N–H and O–H groups in total. The van der Waals surface area contributed by atoms with Gasteiger partial charge in [-0.05, 0) is 24.3 Å². The van der Waals surface area contributed by atoms with E-state index >= 15 is 0 Å². The second-order valence-electron chi connectivity index (χ2n) is 3.93. The molecule has 4 nitrogen and oxygen atoms in total. The van der Waals surface area contributed by atoms with Crippen molar-refractivity contribution in [3.8, 4) is 0 Å². The van der Waals surface area contributed by atoms with Crippen molar-refractivity contribution in [2.45, 2.75) is 10.9 Å². The van der Waals surface area contributed by atoms with Crippen LogP contribution in [0, 0.1) is 5.82 Å². The predicted octanol–water partition coefficient (Wildman–Crippen LogP) is 1.86. The van der Waals surface area contributed by atoms with Crippen LogP contribution in [0.15, 0.2) is 41.6 Å². The molecule has 2 rings (SSSR count). The molecule has 0 bridgehead atoms. The Labute approximate surface area is 109 Å². The van der Waals surface area contributed by atoms with E-state index in [9.17, 15) is 4.39 Å². The van der Waals surface area contributed by atoms with Gasteiger partial charge in [0.1, 0.15) is 5.82 Å². The molecule has 0 saturated heterocycles. The average molecular weight is 266 g/mol. The van der Waals surface area contributed by atoms with E-state index < -0.39 is 0 Å². The van der Waals surface area contributed by atoms with Crippen molar-refractivity contribution in [1.29, 1.82) is 0 Å². The summed E-state index contributed by atoms with van der Waals surface area (Å²) >= 11 is 1.62. The van der Waals surface area contributed by atoms with Crippen LogP contribution in [0.1, 0.15) is 11.6 Å². The monoisotopic (exact) mass is 266 g/mol. The molecule has 1 aromatic heterocycles. The van der Waals surface area contributed by atoms with E-state index in [0.717, 1.165) is 16.2 Å². The van der Waals surface area contributed by atoms with Gasteiger partial charge in [-0.1, -0.05) is 0 Å². The number of thioether (sulfide) groups is 1. The van der Waals surface area contributed by atoms with Crippen LogP contribution in [0.4, 0.5) is 4.39 Å². The van der Waals surface area contributed by atoms with E-state index in [0.29, 0.717) is 0 Å². The zero-order valence-electron chi connectivity index (χ0n) is 10.0. The minimum absolute atomic E-state index is 0.0220. The molecule has 1 aromatic carbocycles. The number of hydrazine groups is 1. The minimum atomic E-state index is -0.222. The largest absolute Gasteiger partial charge is 0.275 e. The highest BCUT2D eigenvalue weighted by molar-refractivity contribution is 7.99. The molecule has 0 saturated carbocycles. The minimum Gasteiger partial charge on any atom is -0.275 e. The molecular formula is C12H15FN4S. The van der Waals surface area contributed by atoms with Gasteiger partial charge in [-0.2, -0.15) is 5.10 Å². The van der Waals surface area contributed by atoms with Crippen molar-refractivity contribution in [2.24, 2.45) is 12.9 Å². The lowest BCUT2D eigenvalue weighted by Gasteiger charge is -2.13. The van der Waals surface area contributed by atoms with Gasteiger partial charge in [0, 0.05) is 29.5 Å². The number of halogens is 1. The van der Waals surface area contributed by atoms with Crippen molar-refractivity contribution >= 4 is 11.8 Å². The number of hydrogen-bond acceptors (Lipinski definition) is 4. The fourth-order valence-corrected chi connectivity index (χ4v) is 2.55. The summed E-state index contributed by atoms with van der Waals surface area (Å²) in [7, 11) is 1.87. The molecule has 96 valence electrons. The van der Waals surface area contributed by atoms with Crippen molar-refractivity contribution in [1.82, 2.24) is 15.2 Å². The van der Waals surface area contributed by atoms with Crippen molar-refractivity contribution in [2.75, 3.05) is 5.75 Å². The molecule has 18 heavy (non-hydrogen) atoms. The molecule has 0 aliphatic carbocycles. The van der Waals surface area contributed by atoms with Gasteiger partial charge >= 0.3 is 0 Å². The molecule has 0 amide bonds. The van der Waals surface area contributed by atoms with Crippen LogP contribution in [-0.4, -0.2) is 15.5 Å². The number of nitrogens with zero attached hydrogens (tertiary/aromatic N) is 2. The normalized spacial score (nSPS) is 12.6. The first-order chi connectivity index (χ1) is 8.69. The summed E-state index contributed by atoms with van der Waals surface area (Å²) in [5.41, 5.74) is 3.80. The lowest BCUT2D eigenvalue weighted by molar-refractivity contribution is 0.609. The molecule has 1 atom stereocenters. The van der Waals surface area contributed by atoms with E-state index in [-0.39, 0.29) is 11.9 Å². The Kier molecular flexibility index (Phi) is 4.35. The lowest BCUT2D eigenvalue weighted by Crippen LogP contribution is -2.29. The highest BCUT2D eigenvalue weighted by Crippen LogP contribution is 2.24. The Morgan fingerprint density at radius 3 is 2.72 bits per heavy atom. The average Bonchev–Trinajstić information content (AvgIpc) is 2.79. The number of nitrogens with two attached hydrogens (primary N) is 1. The van der Waals surface area contributed by atoms with Crippen LogP contribution in [-0.2, 0) is 7.05 Å². The molecule has 0 spiro atoms. The summed E-state index contributed by atoms with van der Waals surface area (Å²) in [6.45, 7) is 0.